The number of nitrogens with zero attached hydrogens (tertiary/aromatic N) is 1. The third-order valence-electron chi connectivity index (χ3n) is 14.3. The van der Waals surface area contributed by atoms with Gasteiger partial charge in [0.2, 0.25) is 0 Å². The van der Waals surface area contributed by atoms with Gasteiger partial charge >= 0.3 is 0 Å². The molecule has 0 bridgehead atoms. The van der Waals surface area contributed by atoms with Crippen LogP contribution in [0.2, 0.25) is 0 Å². The van der Waals surface area contributed by atoms with Gasteiger partial charge in [-0.25, -0.2) is 0 Å². The van der Waals surface area contributed by atoms with E-state index in [4.69, 9.17) is 0 Å². The van der Waals surface area contributed by atoms with Crippen LogP contribution in [0.15, 0.2) is 260 Å². The summed E-state index contributed by atoms with van der Waals surface area (Å²) in [6.07, 6.45) is 0. The summed E-state index contributed by atoms with van der Waals surface area (Å²) in [5, 5.41) is 3.50. The quantitative estimate of drug-likeness (QED) is 0.147. The Labute approximate surface area is 390 Å². The van der Waals surface area contributed by atoms with Gasteiger partial charge in [0.1, 0.15) is 0 Å². The summed E-state index contributed by atoms with van der Waals surface area (Å²) in [6, 6.07) is 94.9. The Kier molecular flexibility index (Phi) is 8.91. The SMILES string of the molecule is c1ccc(-c2ccc(N(c3ccc4c(c3)C(c3ccccc3)(c3ccccc3)c3ccccc3-4)c3ccc4c(c3)C(c3ccccc3)(c3ccccc3)c3ccccc3-4)c3sccc23)cc1. The van der Waals surface area contributed by atoms with E-state index in [9.17, 15) is 0 Å². The van der Waals surface area contributed by atoms with E-state index in [-0.39, 0.29) is 0 Å². The van der Waals surface area contributed by atoms with E-state index in [2.05, 4.69) is 265 Å². The van der Waals surface area contributed by atoms with Crippen molar-refractivity contribution in [2.45, 2.75) is 10.8 Å². The number of thiophene rings is 1. The van der Waals surface area contributed by atoms with E-state index in [1.165, 1.54) is 88.0 Å². The molecule has 2 aliphatic rings. The molecule has 1 nitrogen and oxygen atoms in total. The molecule has 1 aromatic heterocycles. The zero-order valence-corrected chi connectivity index (χ0v) is 37.0. The molecule has 0 amide bonds. The van der Waals surface area contributed by atoms with E-state index in [0.717, 1.165) is 17.1 Å². The summed E-state index contributed by atoms with van der Waals surface area (Å²) in [7, 11) is 0. The molecule has 10 aromatic carbocycles. The van der Waals surface area contributed by atoms with Gasteiger partial charge in [-0.2, -0.15) is 0 Å². The average molecular weight is 858 g/mol. The molecule has 310 valence electrons. The Hall–Kier alpha value is -8.04. The van der Waals surface area contributed by atoms with Gasteiger partial charge in [0.15, 0.2) is 0 Å². The molecule has 0 fully saturated rings. The van der Waals surface area contributed by atoms with E-state index >= 15 is 0 Å². The summed E-state index contributed by atoms with van der Waals surface area (Å²) in [4.78, 5) is 2.54. The van der Waals surface area contributed by atoms with Gasteiger partial charge in [0.05, 0.1) is 21.2 Å². The lowest BCUT2D eigenvalue weighted by molar-refractivity contribution is 0.767. The second-order valence-corrected chi connectivity index (χ2v) is 18.4. The van der Waals surface area contributed by atoms with Crippen LogP contribution in [0.4, 0.5) is 17.1 Å². The molecule has 2 aliphatic carbocycles. The molecule has 0 unspecified atom stereocenters. The summed E-state index contributed by atoms with van der Waals surface area (Å²) < 4.78 is 1.25. The minimum Gasteiger partial charge on any atom is -0.309 e. The molecule has 0 atom stereocenters. The van der Waals surface area contributed by atoms with Crippen LogP contribution in [0.1, 0.15) is 44.5 Å². The Balaban J connectivity index is 1.11. The summed E-state index contributed by atoms with van der Waals surface area (Å²) in [6.45, 7) is 0. The lowest BCUT2D eigenvalue weighted by Crippen LogP contribution is -2.29. The first-order valence-electron chi connectivity index (χ1n) is 22.8. The highest BCUT2D eigenvalue weighted by molar-refractivity contribution is 7.18. The molecule has 0 N–H and O–H groups in total. The maximum atomic E-state index is 2.54. The van der Waals surface area contributed by atoms with Crippen LogP contribution in [0, 0.1) is 0 Å². The van der Waals surface area contributed by atoms with E-state index in [1.807, 2.05) is 11.3 Å². The highest BCUT2D eigenvalue weighted by Gasteiger charge is 2.48. The van der Waals surface area contributed by atoms with Crippen molar-refractivity contribution in [3.05, 3.63) is 305 Å². The molecular weight excluding hydrogens is 815 g/mol. The average Bonchev–Trinajstić information content (AvgIpc) is 4.09. The highest BCUT2D eigenvalue weighted by atomic mass is 32.1. The van der Waals surface area contributed by atoms with Crippen LogP contribution in [0.5, 0.6) is 0 Å². The van der Waals surface area contributed by atoms with Crippen molar-refractivity contribution in [3.63, 3.8) is 0 Å². The number of benzene rings is 10. The Morgan fingerprint density at radius 3 is 1.14 bits per heavy atom. The van der Waals surface area contributed by atoms with Crippen molar-refractivity contribution in [2.24, 2.45) is 0 Å². The fraction of sp³-hybridized carbons (Fsp3) is 0.0312. The zero-order chi connectivity index (χ0) is 43.7. The lowest BCUT2D eigenvalue weighted by Gasteiger charge is -2.36. The first-order valence-corrected chi connectivity index (χ1v) is 23.7. The summed E-state index contributed by atoms with van der Waals surface area (Å²) in [5.41, 5.74) is 20.0. The number of fused-ring (bicyclic) bond motifs is 7. The molecule has 1 heterocycles. The highest BCUT2D eigenvalue weighted by Crippen LogP contribution is 2.60. The fourth-order valence-corrected chi connectivity index (χ4v) is 12.6. The van der Waals surface area contributed by atoms with Crippen LogP contribution in [0.25, 0.3) is 43.5 Å². The lowest BCUT2D eigenvalue weighted by atomic mass is 9.67. The predicted octanol–water partition coefficient (Wildman–Crippen LogP) is 16.8. The standard InChI is InChI=1S/C64H43NS/c1-6-20-44(21-7-1)51-38-39-61(62-56(51)40-41-66-62)65(49-34-36-54-52-30-16-18-32-57(52)63(59(54)42-49,45-22-8-2-9-23-45)46-24-10-3-11-25-46)50-35-37-55-53-31-17-19-33-58(53)64(60(55)43-50,47-26-12-4-13-27-47)48-28-14-5-15-29-48/h1-43H. The minimum atomic E-state index is -0.541. The Bertz CT molecular complexity index is 3320. The molecule has 2 heteroatoms. The van der Waals surface area contributed by atoms with Crippen molar-refractivity contribution < 1.29 is 0 Å². The molecule has 13 rings (SSSR count). The van der Waals surface area contributed by atoms with Gasteiger partial charge in [-0.05, 0) is 120 Å². The number of rotatable bonds is 8. The van der Waals surface area contributed by atoms with Crippen LogP contribution in [-0.4, -0.2) is 0 Å². The molecule has 0 saturated heterocycles. The Morgan fingerprint density at radius 1 is 0.303 bits per heavy atom. The third kappa shape index (κ3) is 5.52. The first kappa shape index (κ1) is 38.4. The largest absolute Gasteiger partial charge is 0.309 e. The monoisotopic (exact) mass is 857 g/mol. The van der Waals surface area contributed by atoms with Gasteiger partial charge < -0.3 is 4.90 Å². The van der Waals surface area contributed by atoms with Crippen LogP contribution < -0.4 is 4.90 Å². The molecule has 0 spiro atoms. The van der Waals surface area contributed by atoms with Gasteiger partial charge in [0, 0.05) is 16.8 Å². The van der Waals surface area contributed by atoms with Crippen molar-refractivity contribution >= 4 is 38.5 Å². The van der Waals surface area contributed by atoms with Crippen molar-refractivity contribution in [1.29, 1.82) is 0 Å². The van der Waals surface area contributed by atoms with Gasteiger partial charge in [-0.3, -0.25) is 0 Å². The summed E-state index contributed by atoms with van der Waals surface area (Å²) >= 11 is 1.82. The van der Waals surface area contributed by atoms with E-state index < -0.39 is 10.8 Å². The normalized spacial score (nSPS) is 13.7. The van der Waals surface area contributed by atoms with Crippen molar-refractivity contribution in [2.75, 3.05) is 4.90 Å². The molecule has 0 saturated carbocycles. The molecule has 66 heavy (non-hydrogen) atoms. The van der Waals surface area contributed by atoms with Gasteiger partial charge in [0.25, 0.3) is 0 Å². The number of anilines is 3. The summed E-state index contributed by atoms with van der Waals surface area (Å²) in [5.74, 6) is 0. The van der Waals surface area contributed by atoms with Gasteiger partial charge in [-0.15, -0.1) is 11.3 Å². The molecular formula is C64H43NS. The zero-order valence-electron chi connectivity index (χ0n) is 36.2. The maximum absolute atomic E-state index is 2.54. The maximum Gasteiger partial charge on any atom is 0.0714 e. The van der Waals surface area contributed by atoms with Crippen molar-refractivity contribution in [1.82, 2.24) is 0 Å². The van der Waals surface area contributed by atoms with Crippen LogP contribution in [0.3, 0.4) is 0 Å². The van der Waals surface area contributed by atoms with Crippen molar-refractivity contribution in [3.8, 4) is 33.4 Å². The molecule has 11 aromatic rings. The van der Waals surface area contributed by atoms with E-state index in [1.54, 1.807) is 0 Å². The van der Waals surface area contributed by atoms with E-state index in [0.29, 0.717) is 0 Å². The third-order valence-corrected chi connectivity index (χ3v) is 15.3. The van der Waals surface area contributed by atoms with Crippen LogP contribution in [-0.2, 0) is 10.8 Å². The minimum absolute atomic E-state index is 0.541. The number of hydrogen-bond acceptors (Lipinski definition) is 2. The topological polar surface area (TPSA) is 3.24 Å². The second-order valence-electron chi connectivity index (χ2n) is 17.5. The Morgan fingerprint density at radius 2 is 0.682 bits per heavy atom. The smallest absolute Gasteiger partial charge is 0.0714 e. The molecule has 0 aliphatic heterocycles. The van der Waals surface area contributed by atoms with Gasteiger partial charge in [-0.1, -0.05) is 218 Å². The second kappa shape index (κ2) is 15.3. The molecule has 0 radical (unpaired) electrons. The first-order chi connectivity index (χ1) is 32.8. The fourth-order valence-electron chi connectivity index (χ4n) is 11.7. The number of hydrogen-bond donors (Lipinski definition) is 0. The van der Waals surface area contributed by atoms with Crippen LogP contribution >= 0.6 is 11.3 Å². The predicted molar refractivity (Wildman–Crippen MR) is 277 cm³/mol.